The highest BCUT2D eigenvalue weighted by atomic mass is 32.2. The maximum absolute atomic E-state index is 5.18. The number of fused-ring (bicyclic) bond motifs is 12. The summed E-state index contributed by atoms with van der Waals surface area (Å²) in [6.45, 7) is 4.62. The molecule has 2 aliphatic carbocycles. The molecule has 12 rings (SSSR count). The molecule has 1 aliphatic heterocycles. The maximum Gasteiger partial charge on any atom is 0.164 e. The van der Waals surface area contributed by atoms with E-state index in [1.807, 2.05) is 30.0 Å². The van der Waals surface area contributed by atoms with Crippen LogP contribution in [0.5, 0.6) is 0 Å². The van der Waals surface area contributed by atoms with Crippen LogP contribution in [0.25, 0.3) is 67.5 Å². The summed E-state index contributed by atoms with van der Waals surface area (Å²) in [6, 6.07) is 68.3. The molecular weight excluding hydrogens is 735 g/mol. The van der Waals surface area contributed by atoms with Crippen molar-refractivity contribution in [2.75, 3.05) is 0 Å². The van der Waals surface area contributed by atoms with Crippen LogP contribution < -0.4 is 0 Å². The van der Waals surface area contributed by atoms with Gasteiger partial charge >= 0.3 is 0 Å². The van der Waals surface area contributed by atoms with Crippen molar-refractivity contribution in [3.63, 3.8) is 0 Å². The average Bonchev–Trinajstić information content (AvgIpc) is 3.72. The predicted octanol–water partition coefficient (Wildman–Crippen LogP) is 13.7. The van der Waals surface area contributed by atoms with E-state index in [0.29, 0.717) is 17.5 Å². The minimum atomic E-state index is -0.412. The quantitative estimate of drug-likeness (QED) is 0.179. The van der Waals surface area contributed by atoms with Gasteiger partial charge in [-0.3, -0.25) is 0 Å². The second-order valence-corrected chi connectivity index (χ2v) is 17.4. The van der Waals surface area contributed by atoms with Crippen LogP contribution in [-0.2, 0) is 10.8 Å². The molecule has 0 saturated carbocycles. The first-order valence-electron chi connectivity index (χ1n) is 20.3. The monoisotopic (exact) mass is 771 g/mol. The molecule has 9 aromatic rings. The van der Waals surface area contributed by atoms with Gasteiger partial charge in [0.1, 0.15) is 0 Å². The number of hydrogen-bond donors (Lipinski definition) is 0. The summed E-state index contributed by atoms with van der Waals surface area (Å²) in [5.41, 5.74) is 17.9. The lowest BCUT2D eigenvalue weighted by Gasteiger charge is -2.40. The minimum absolute atomic E-state index is 0.128. The van der Waals surface area contributed by atoms with Crippen LogP contribution in [-0.4, -0.2) is 15.0 Å². The van der Waals surface area contributed by atoms with E-state index < -0.39 is 5.41 Å². The Morgan fingerprint density at radius 1 is 0.339 bits per heavy atom. The molecule has 3 aliphatic rings. The van der Waals surface area contributed by atoms with E-state index >= 15 is 0 Å². The Morgan fingerprint density at radius 3 is 1.47 bits per heavy atom. The molecule has 0 fully saturated rings. The highest BCUT2D eigenvalue weighted by molar-refractivity contribution is 7.99. The summed E-state index contributed by atoms with van der Waals surface area (Å²) in [5, 5.41) is 0. The molecule has 278 valence electrons. The van der Waals surface area contributed by atoms with Crippen molar-refractivity contribution in [2.45, 2.75) is 34.5 Å². The highest BCUT2D eigenvalue weighted by Gasteiger charge is 2.50. The predicted molar refractivity (Wildman–Crippen MR) is 241 cm³/mol. The standard InChI is InChI=1S/C55H37N3S/c1-54(2)43-21-9-6-17-39(43)42-32-31-37(33-48(42)54)53-57-51(35-15-4-3-5-16-35)56-52(58-53)36-29-27-34(28-30-36)38-20-14-25-47-50(38)59-49-26-13-12-24-46(49)55(47)44-22-10-7-18-40(44)41-19-8-11-23-45(41)55/h3-33H,1-2H3. The molecule has 0 N–H and O–H groups in total. The zero-order chi connectivity index (χ0) is 39.3. The molecule has 0 radical (unpaired) electrons. The van der Waals surface area contributed by atoms with Crippen LogP contribution >= 0.6 is 11.8 Å². The van der Waals surface area contributed by atoms with Gasteiger partial charge in [0, 0.05) is 31.9 Å². The Labute approximate surface area is 348 Å². The number of benzene rings is 8. The average molecular weight is 772 g/mol. The highest BCUT2D eigenvalue weighted by Crippen LogP contribution is 2.63. The van der Waals surface area contributed by atoms with Gasteiger partial charge in [0.25, 0.3) is 0 Å². The van der Waals surface area contributed by atoms with Crippen molar-refractivity contribution in [3.8, 4) is 67.5 Å². The van der Waals surface area contributed by atoms with E-state index in [4.69, 9.17) is 15.0 Å². The Hall–Kier alpha value is -6.88. The molecule has 0 bridgehead atoms. The van der Waals surface area contributed by atoms with Crippen LogP contribution in [0.1, 0.15) is 47.2 Å². The molecule has 0 saturated heterocycles. The third-order valence-electron chi connectivity index (χ3n) is 12.8. The molecule has 1 aromatic heterocycles. The third-order valence-corrected chi connectivity index (χ3v) is 14.1. The topological polar surface area (TPSA) is 38.7 Å². The van der Waals surface area contributed by atoms with Crippen LogP contribution in [0.2, 0.25) is 0 Å². The molecule has 0 amide bonds. The van der Waals surface area contributed by atoms with Crippen LogP contribution in [0, 0.1) is 0 Å². The summed E-state index contributed by atoms with van der Waals surface area (Å²) in [4.78, 5) is 18.0. The fourth-order valence-electron chi connectivity index (χ4n) is 10.1. The summed E-state index contributed by atoms with van der Waals surface area (Å²) in [5.74, 6) is 1.98. The fraction of sp³-hybridized carbons (Fsp3) is 0.0727. The second kappa shape index (κ2) is 12.8. The second-order valence-electron chi connectivity index (χ2n) is 16.3. The van der Waals surface area contributed by atoms with E-state index in [1.165, 1.54) is 71.0 Å². The lowest BCUT2D eigenvalue weighted by atomic mass is 9.67. The molecule has 2 heterocycles. The first-order chi connectivity index (χ1) is 29.0. The smallest absolute Gasteiger partial charge is 0.164 e. The molecule has 4 heteroatoms. The van der Waals surface area contributed by atoms with Gasteiger partial charge in [-0.25, -0.2) is 15.0 Å². The summed E-state index contributed by atoms with van der Waals surface area (Å²) < 4.78 is 0. The van der Waals surface area contributed by atoms with Crippen molar-refractivity contribution >= 4 is 11.8 Å². The summed E-state index contributed by atoms with van der Waals surface area (Å²) in [7, 11) is 0. The van der Waals surface area contributed by atoms with Gasteiger partial charge in [-0.2, -0.15) is 0 Å². The maximum atomic E-state index is 5.18. The first kappa shape index (κ1) is 34.2. The number of aromatic nitrogens is 3. The van der Waals surface area contributed by atoms with Gasteiger partial charge in [-0.15, -0.1) is 0 Å². The van der Waals surface area contributed by atoms with E-state index in [9.17, 15) is 0 Å². The Bertz CT molecular complexity index is 3120. The van der Waals surface area contributed by atoms with Crippen LogP contribution in [0.3, 0.4) is 0 Å². The van der Waals surface area contributed by atoms with Crippen molar-refractivity contribution in [3.05, 3.63) is 221 Å². The molecule has 1 spiro atoms. The third kappa shape index (κ3) is 4.93. The summed E-state index contributed by atoms with van der Waals surface area (Å²) >= 11 is 1.89. The Balaban J connectivity index is 0.984. The van der Waals surface area contributed by atoms with Gasteiger partial charge in [0.05, 0.1) is 5.41 Å². The largest absolute Gasteiger partial charge is 0.208 e. The van der Waals surface area contributed by atoms with E-state index in [1.54, 1.807) is 0 Å². The van der Waals surface area contributed by atoms with Crippen LogP contribution in [0.15, 0.2) is 198 Å². The van der Waals surface area contributed by atoms with Gasteiger partial charge in [0.2, 0.25) is 0 Å². The van der Waals surface area contributed by atoms with E-state index in [-0.39, 0.29) is 5.41 Å². The minimum Gasteiger partial charge on any atom is -0.208 e. The van der Waals surface area contributed by atoms with Crippen molar-refractivity contribution in [1.82, 2.24) is 15.0 Å². The molecule has 3 nitrogen and oxygen atoms in total. The Morgan fingerprint density at radius 2 is 0.797 bits per heavy atom. The first-order valence-corrected chi connectivity index (χ1v) is 21.1. The zero-order valence-electron chi connectivity index (χ0n) is 32.6. The number of nitrogens with zero attached hydrogens (tertiary/aromatic N) is 3. The normalized spacial score (nSPS) is 14.5. The van der Waals surface area contributed by atoms with Crippen LogP contribution in [0.4, 0.5) is 0 Å². The van der Waals surface area contributed by atoms with Crippen molar-refractivity contribution < 1.29 is 0 Å². The van der Waals surface area contributed by atoms with Crippen molar-refractivity contribution in [2.24, 2.45) is 0 Å². The van der Waals surface area contributed by atoms with Gasteiger partial charge in [-0.1, -0.05) is 202 Å². The van der Waals surface area contributed by atoms with Crippen molar-refractivity contribution in [1.29, 1.82) is 0 Å². The van der Waals surface area contributed by atoms with E-state index in [0.717, 1.165) is 22.3 Å². The fourth-order valence-corrected chi connectivity index (χ4v) is 11.4. The zero-order valence-corrected chi connectivity index (χ0v) is 33.5. The number of rotatable bonds is 4. The molecule has 0 atom stereocenters. The lowest BCUT2D eigenvalue weighted by molar-refractivity contribution is 0.660. The van der Waals surface area contributed by atoms with Gasteiger partial charge in [-0.05, 0) is 78.9 Å². The number of hydrogen-bond acceptors (Lipinski definition) is 4. The molecule has 0 unspecified atom stereocenters. The molecule has 59 heavy (non-hydrogen) atoms. The molecule has 8 aromatic carbocycles. The Kier molecular flexibility index (Phi) is 7.42. The lowest BCUT2D eigenvalue weighted by Crippen LogP contribution is -2.32. The van der Waals surface area contributed by atoms with Gasteiger partial charge in [0.15, 0.2) is 17.5 Å². The SMILES string of the molecule is CC1(C)c2ccccc2-c2ccc(-c3nc(-c4ccccc4)nc(-c4ccc(-c5cccc6c5Sc5ccccc5C65c6ccccc6-c6ccccc65)cc4)n3)cc21. The van der Waals surface area contributed by atoms with Gasteiger partial charge < -0.3 is 0 Å². The summed E-state index contributed by atoms with van der Waals surface area (Å²) in [6.07, 6.45) is 0. The molecular formula is C55H37N3S. The van der Waals surface area contributed by atoms with E-state index in [2.05, 4.69) is 184 Å².